The average Bonchev–Trinajstić information content (AvgIpc) is 2.80. The van der Waals surface area contributed by atoms with Crippen molar-refractivity contribution in [1.29, 1.82) is 0 Å². The number of rotatable bonds is 9. The van der Waals surface area contributed by atoms with E-state index in [4.69, 9.17) is 16.3 Å². The molecule has 1 N–H and O–H groups in total. The largest absolute Gasteiger partial charge is 0.383 e. The Morgan fingerprint density at radius 2 is 2.05 bits per heavy atom. The van der Waals surface area contributed by atoms with Crippen LogP contribution in [0.2, 0.25) is 5.02 Å². The predicted octanol–water partition coefficient (Wildman–Crippen LogP) is 2.56. The van der Waals surface area contributed by atoms with Crippen LogP contribution in [0.3, 0.4) is 0 Å². The van der Waals surface area contributed by atoms with Crippen LogP contribution in [-0.4, -0.2) is 54.1 Å². The highest BCUT2D eigenvalue weighted by Crippen LogP contribution is 2.34. The molecule has 122 valence electrons. The van der Waals surface area contributed by atoms with Crippen molar-refractivity contribution in [2.75, 3.05) is 33.9 Å². The van der Waals surface area contributed by atoms with Crippen molar-refractivity contribution in [2.45, 2.75) is 45.8 Å². The van der Waals surface area contributed by atoms with E-state index in [0.29, 0.717) is 18.2 Å². The van der Waals surface area contributed by atoms with Crippen molar-refractivity contribution in [3.63, 3.8) is 0 Å². The molecule has 0 aliphatic rings. The third-order valence-electron chi connectivity index (χ3n) is 4.19. The molecule has 5 nitrogen and oxygen atoms in total. The van der Waals surface area contributed by atoms with E-state index in [1.165, 1.54) is 0 Å². The molecule has 0 aromatic carbocycles. The minimum atomic E-state index is -0.0766. The minimum Gasteiger partial charge on any atom is -0.383 e. The summed E-state index contributed by atoms with van der Waals surface area (Å²) in [5.74, 6) is 0. The van der Waals surface area contributed by atoms with Gasteiger partial charge in [0.05, 0.1) is 36.1 Å². The van der Waals surface area contributed by atoms with Crippen molar-refractivity contribution in [3.8, 4) is 0 Å². The second-order valence-corrected chi connectivity index (χ2v) is 6.05. The maximum absolute atomic E-state index is 6.41. The van der Waals surface area contributed by atoms with Gasteiger partial charge in [0.15, 0.2) is 0 Å². The summed E-state index contributed by atoms with van der Waals surface area (Å²) in [7, 11) is 3.67. The van der Waals surface area contributed by atoms with Gasteiger partial charge in [-0.1, -0.05) is 25.4 Å². The Morgan fingerprint density at radius 1 is 1.43 bits per heavy atom. The Kier molecular flexibility index (Phi) is 7.13. The van der Waals surface area contributed by atoms with Gasteiger partial charge in [-0.05, 0) is 34.0 Å². The van der Waals surface area contributed by atoms with Crippen molar-refractivity contribution >= 4 is 11.6 Å². The Hall–Kier alpha value is -0.620. The van der Waals surface area contributed by atoms with Crippen LogP contribution >= 0.6 is 11.6 Å². The van der Waals surface area contributed by atoms with Crippen molar-refractivity contribution in [1.82, 2.24) is 20.0 Å². The molecule has 0 amide bonds. The lowest BCUT2D eigenvalue weighted by molar-refractivity contribution is 0.0895. The third-order valence-corrected chi connectivity index (χ3v) is 4.48. The molecular weight excluding hydrogens is 288 g/mol. The molecule has 21 heavy (non-hydrogen) atoms. The highest BCUT2D eigenvalue weighted by molar-refractivity contribution is 6.31. The molecule has 1 aromatic heterocycles. The molecule has 1 rings (SSSR count). The summed E-state index contributed by atoms with van der Waals surface area (Å²) in [4.78, 5) is 2.43. The van der Waals surface area contributed by atoms with E-state index in [2.05, 4.69) is 43.0 Å². The number of nitrogens with one attached hydrogen (secondary N) is 1. The Bertz CT molecular complexity index is 429. The molecule has 0 radical (unpaired) electrons. The normalized spacial score (nSPS) is 13.9. The highest BCUT2D eigenvalue weighted by atomic mass is 35.5. The summed E-state index contributed by atoms with van der Waals surface area (Å²) in [5.41, 5.74) is 0.945. The molecule has 1 heterocycles. The molecule has 0 aliphatic heterocycles. The van der Waals surface area contributed by atoms with Gasteiger partial charge in [-0.15, -0.1) is 0 Å². The number of aromatic nitrogens is 2. The van der Waals surface area contributed by atoms with Crippen LogP contribution in [0.1, 0.15) is 39.4 Å². The van der Waals surface area contributed by atoms with Crippen LogP contribution in [-0.2, 0) is 11.3 Å². The van der Waals surface area contributed by atoms with Gasteiger partial charge in [0.25, 0.3) is 0 Å². The quantitative estimate of drug-likeness (QED) is 0.760. The maximum Gasteiger partial charge on any atom is 0.0834 e. The number of nitrogens with zero attached hydrogens (tertiary/aromatic N) is 3. The molecule has 0 spiro atoms. The standard InChI is InChI=1S/C15H29ClN4O/c1-7-19(8-2)15(3,4)14(17-5)13-12(16)11-18-20(13)9-10-21-6/h11,14,17H,7-10H2,1-6H3. The Balaban J connectivity index is 3.17. The highest BCUT2D eigenvalue weighted by Gasteiger charge is 2.37. The summed E-state index contributed by atoms with van der Waals surface area (Å²) < 4.78 is 7.11. The zero-order chi connectivity index (χ0) is 16.0. The number of hydrogen-bond donors (Lipinski definition) is 1. The van der Waals surface area contributed by atoms with E-state index in [9.17, 15) is 0 Å². The lowest BCUT2D eigenvalue weighted by atomic mass is 9.89. The molecule has 0 saturated heterocycles. The summed E-state index contributed by atoms with van der Waals surface area (Å²) in [6, 6.07) is 0.0873. The summed E-state index contributed by atoms with van der Waals surface area (Å²) in [6.45, 7) is 12.1. The van der Waals surface area contributed by atoms with Gasteiger partial charge in [-0.3, -0.25) is 9.58 Å². The smallest absolute Gasteiger partial charge is 0.0834 e. The molecule has 0 fully saturated rings. The maximum atomic E-state index is 6.41. The number of methoxy groups -OCH3 is 1. The lowest BCUT2D eigenvalue weighted by Gasteiger charge is -2.43. The molecule has 1 unspecified atom stereocenters. The van der Waals surface area contributed by atoms with Crippen LogP contribution in [0.4, 0.5) is 0 Å². The van der Waals surface area contributed by atoms with Gasteiger partial charge in [0, 0.05) is 12.6 Å². The van der Waals surface area contributed by atoms with E-state index in [1.807, 2.05) is 11.7 Å². The van der Waals surface area contributed by atoms with Gasteiger partial charge in [-0.25, -0.2) is 0 Å². The van der Waals surface area contributed by atoms with E-state index < -0.39 is 0 Å². The number of halogens is 1. The van der Waals surface area contributed by atoms with Gasteiger partial charge >= 0.3 is 0 Å². The van der Waals surface area contributed by atoms with Crippen LogP contribution in [0.5, 0.6) is 0 Å². The van der Waals surface area contributed by atoms with E-state index >= 15 is 0 Å². The van der Waals surface area contributed by atoms with Crippen molar-refractivity contribution in [2.24, 2.45) is 0 Å². The first-order valence-corrected chi connectivity index (χ1v) is 7.94. The van der Waals surface area contributed by atoms with Gasteiger partial charge in [-0.2, -0.15) is 5.10 Å². The zero-order valence-corrected chi connectivity index (χ0v) is 14.9. The molecule has 0 bridgehead atoms. The van der Waals surface area contributed by atoms with Gasteiger partial charge in [0.1, 0.15) is 0 Å². The number of likely N-dealkylation sites (N-methyl/N-ethyl adjacent to an activating group) is 2. The first-order valence-electron chi connectivity index (χ1n) is 7.56. The van der Waals surface area contributed by atoms with Crippen LogP contribution in [0.15, 0.2) is 6.20 Å². The van der Waals surface area contributed by atoms with E-state index in [1.54, 1.807) is 13.3 Å². The SMILES string of the molecule is CCN(CC)C(C)(C)C(NC)c1c(Cl)cnn1CCOC. The first kappa shape index (κ1) is 18.4. The summed E-state index contributed by atoms with van der Waals surface area (Å²) in [5, 5.41) is 8.52. The minimum absolute atomic E-state index is 0.0766. The fourth-order valence-corrected chi connectivity index (χ4v) is 3.31. The molecular formula is C15H29ClN4O. The fourth-order valence-electron chi connectivity index (χ4n) is 3.06. The summed E-state index contributed by atoms with van der Waals surface area (Å²) >= 11 is 6.41. The van der Waals surface area contributed by atoms with Crippen LogP contribution in [0.25, 0.3) is 0 Å². The zero-order valence-electron chi connectivity index (χ0n) is 14.1. The number of hydrogen-bond acceptors (Lipinski definition) is 4. The topological polar surface area (TPSA) is 42.3 Å². The lowest BCUT2D eigenvalue weighted by Crippen LogP contribution is -2.52. The van der Waals surface area contributed by atoms with Crippen LogP contribution < -0.4 is 5.32 Å². The van der Waals surface area contributed by atoms with Gasteiger partial charge in [0.2, 0.25) is 0 Å². The fraction of sp³-hybridized carbons (Fsp3) is 0.800. The van der Waals surface area contributed by atoms with Crippen molar-refractivity contribution in [3.05, 3.63) is 16.9 Å². The number of ether oxygens (including phenoxy) is 1. The molecule has 0 saturated carbocycles. The van der Waals surface area contributed by atoms with Crippen LogP contribution in [0, 0.1) is 0 Å². The van der Waals surface area contributed by atoms with E-state index in [-0.39, 0.29) is 11.6 Å². The second kappa shape index (κ2) is 8.13. The summed E-state index contributed by atoms with van der Waals surface area (Å²) in [6.07, 6.45) is 1.72. The molecule has 0 aliphatic carbocycles. The van der Waals surface area contributed by atoms with E-state index in [0.717, 1.165) is 18.8 Å². The molecule has 6 heteroatoms. The monoisotopic (exact) mass is 316 g/mol. The average molecular weight is 317 g/mol. The second-order valence-electron chi connectivity index (χ2n) is 5.64. The predicted molar refractivity (Wildman–Crippen MR) is 87.9 cm³/mol. The Labute approximate surface area is 133 Å². The third kappa shape index (κ3) is 3.97. The molecule has 1 aromatic rings. The molecule has 1 atom stereocenters. The Morgan fingerprint density at radius 3 is 2.52 bits per heavy atom. The first-order chi connectivity index (χ1) is 9.93. The van der Waals surface area contributed by atoms with Crippen molar-refractivity contribution < 1.29 is 4.74 Å². The van der Waals surface area contributed by atoms with Gasteiger partial charge < -0.3 is 10.1 Å².